The minimum absolute atomic E-state index is 0.00526. The molecule has 2 aliphatic rings. The fourth-order valence-electron chi connectivity index (χ4n) is 2.78. The van der Waals surface area contributed by atoms with Crippen molar-refractivity contribution in [3.8, 4) is 0 Å². The smallest absolute Gasteiger partial charge is 0.236 e. The highest BCUT2D eigenvalue weighted by atomic mass is 79.9. The third-order valence-electron chi connectivity index (χ3n) is 3.69. The number of fused-ring (bicyclic) bond motifs is 2. The summed E-state index contributed by atoms with van der Waals surface area (Å²) in [5, 5.41) is 15.3. The molecule has 3 rings (SSSR count). The van der Waals surface area contributed by atoms with Crippen molar-refractivity contribution < 1.29 is 9.90 Å². The maximum atomic E-state index is 12.2. The molecule has 1 amide bonds. The molecule has 0 aromatic heterocycles. The summed E-state index contributed by atoms with van der Waals surface area (Å²) in [7, 11) is 0. The van der Waals surface area contributed by atoms with Gasteiger partial charge in [0.15, 0.2) is 0 Å². The molecule has 4 nitrogen and oxygen atoms in total. The third-order valence-corrected chi connectivity index (χ3v) is 4.18. The first-order valence-corrected chi connectivity index (χ1v) is 6.41. The number of halogens is 1. The fraction of sp³-hybridized carbons (Fsp3) is 0.417. The van der Waals surface area contributed by atoms with E-state index < -0.39 is 5.41 Å². The van der Waals surface area contributed by atoms with Gasteiger partial charge in [-0.25, -0.2) is 0 Å². The maximum Gasteiger partial charge on any atom is 0.236 e. The van der Waals surface area contributed by atoms with Gasteiger partial charge < -0.3 is 15.7 Å². The van der Waals surface area contributed by atoms with Gasteiger partial charge in [0.25, 0.3) is 0 Å². The van der Waals surface area contributed by atoms with Crippen molar-refractivity contribution in [1.82, 2.24) is 5.32 Å². The number of amides is 1. The molecule has 1 aromatic carbocycles. The molecule has 1 fully saturated rings. The number of aliphatic hydroxyl groups is 1. The quantitative estimate of drug-likeness (QED) is 0.724. The molecule has 0 radical (unpaired) electrons. The van der Waals surface area contributed by atoms with E-state index in [9.17, 15) is 9.90 Å². The summed E-state index contributed by atoms with van der Waals surface area (Å²) >= 11 is 3.44. The Morgan fingerprint density at radius 3 is 3.06 bits per heavy atom. The Kier molecular flexibility index (Phi) is 2.50. The molecule has 1 saturated heterocycles. The van der Waals surface area contributed by atoms with E-state index >= 15 is 0 Å². The molecular weight excluding hydrogens is 284 g/mol. The predicted octanol–water partition coefficient (Wildman–Crippen LogP) is 0.993. The number of benzene rings is 1. The lowest BCUT2D eigenvalue weighted by molar-refractivity contribution is -0.120. The van der Waals surface area contributed by atoms with Gasteiger partial charge in [-0.05, 0) is 30.2 Å². The number of hydrogen-bond donors (Lipinski definition) is 3. The highest BCUT2D eigenvalue weighted by molar-refractivity contribution is 9.10. The van der Waals surface area contributed by atoms with Crippen LogP contribution in [0, 0.1) is 0 Å². The van der Waals surface area contributed by atoms with Crippen LogP contribution in [0.2, 0.25) is 0 Å². The van der Waals surface area contributed by atoms with Gasteiger partial charge in [-0.3, -0.25) is 4.79 Å². The number of anilines is 1. The Labute approximate surface area is 108 Å². The van der Waals surface area contributed by atoms with Gasteiger partial charge in [0, 0.05) is 22.7 Å². The zero-order chi connectivity index (χ0) is 12.0. The summed E-state index contributed by atoms with van der Waals surface area (Å²) in [6.07, 6.45) is 0.652. The van der Waals surface area contributed by atoms with E-state index in [2.05, 4.69) is 26.6 Å². The number of nitrogens with one attached hydrogen (secondary N) is 2. The van der Waals surface area contributed by atoms with Gasteiger partial charge in [-0.1, -0.05) is 15.9 Å². The van der Waals surface area contributed by atoms with Crippen molar-refractivity contribution in [1.29, 1.82) is 0 Å². The first-order valence-electron chi connectivity index (χ1n) is 5.61. The molecule has 1 spiro atoms. The number of carbonyl (C=O) groups excluding carboxylic acids is 1. The predicted molar refractivity (Wildman–Crippen MR) is 67.9 cm³/mol. The third kappa shape index (κ3) is 1.53. The van der Waals surface area contributed by atoms with Crippen molar-refractivity contribution >= 4 is 27.5 Å². The van der Waals surface area contributed by atoms with Gasteiger partial charge in [-0.15, -0.1) is 0 Å². The summed E-state index contributed by atoms with van der Waals surface area (Å²) in [5.74, 6) is 0.0362. The molecule has 2 heterocycles. The van der Waals surface area contributed by atoms with E-state index in [1.165, 1.54) is 0 Å². The molecule has 2 atom stereocenters. The van der Waals surface area contributed by atoms with Crippen molar-refractivity contribution in [2.75, 3.05) is 18.5 Å². The first-order chi connectivity index (χ1) is 8.15. The standard InChI is InChI=1S/C12H13BrN2O2/c13-7-1-2-10-9(3-7)12(11(17)15-10)4-8(5-16)14-6-12/h1-3,8,14,16H,4-6H2,(H,15,17). The van der Waals surface area contributed by atoms with Crippen LogP contribution in [0.3, 0.4) is 0 Å². The fourth-order valence-corrected chi connectivity index (χ4v) is 3.14. The molecule has 90 valence electrons. The van der Waals surface area contributed by atoms with Gasteiger partial charge in [-0.2, -0.15) is 0 Å². The molecule has 0 saturated carbocycles. The Hall–Kier alpha value is -0.910. The highest BCUT2D eigenvalue weighted by Crippen LogP contribution is 2.44. The zero-order valence-electron chi connectivity index (χ0n) is 9.16. The molecule has 1 aromatic rings. The number of hydrogen-bond acceptors (Lipinski definition) is 3. The minimum atomic E-state index is -0.507. The molecule has 2 aliphatic heterocycles. The van der Waals surface area contributed by atoms with Crippen LogP contribution >= 0.6 is 15.9 Å². The van der Waals surface area contributed by atoms with Crippen molar-refractivity contribution in [2.24, 2.45) is 0 Å². The molecule has 5 heteroatoms. The van der Waals surface area contributed by atoms with Crippen molar-refractivity contribution in [3.05, 3.63) is 28.2 Å². The van der Waals surface area contributed by atoms with Gasteiger partial charge in [0.1, 0.15) is 0 Å². The number of rotatable bonds is 1. The van der Waals surface area contributed by atoms with Gasteiger partial charge >= 0.3 is 0 Å². The monoisotopic (exact) mass is 296 g/mol. The van der Waals surface area contributed by atoms with Crippen LogP contribution in [0.15, 0.2) is 22.7 Å². The minimum Gasteiger partial charge on any atom is -0.395 e. The van der Waals surface area contributed by atoms with E-state index in [0.29, 0.717) is 13.0 Å². The molecule has 0 bridgehead atoms. The average Bonchev–Trinajstić information content (AvgIpc) is 2.86. The molecule has 17 heavy (non-hydrogen) atoms. The lowest BCUT2D eigenvalue weighted by Gasteiger charge is -2.20. The van der Waals surface area contributed by atoms with E-state index in [-0.39, 0.29) is 18.6 Å². The topological polar surface area (TPSA) is 61.4 Å². The summed E-state index contributed by atoms with van der Waals surface area (Å²) < 4.78 is 0.972. The van der Waals surface area contributed by atoms with Crippen LogP contribution in [-0.2, 0) is 10.2 Å². The molecule has 2 unspecified atom stereocenters. The van der Waals surface area contributed by atoms with E-state index in [0.717, 1.165) is 15.7 Å². The largest absolute Gasteiger partial charge is 0.395 e. The highest BCUT2D eigenvalue weighted by Gasteiger charge is 2.51. The van der Waals surface area contributed by atoms with Crippen molar-refractivity contribution in [3.63, 3.8) is 0 Å². The van der Waals surface area contributed by atoms with E-state index in [4.69, 9.17) is 0 Å². The zero-order valence-corrected chi connectivity index (χ0v) is 10.8. The Morgan fingerprint density at radius 1 is 1.53 bits per heavy atom. The SMILES string of the molecule is O=C1Nc2ccc(Br)cc2C12CNC(CO)C2. The number of carbonyl (C=O) groups is 1. The Balaban J connectivity index is 2.07. The number of aliphatic hydroxyl groups excluding tert-OH is 1. The second-order valence-corrected chi connectivity index (χ2v) is 5.61. The second-order valence-electron chi connectivity index (χ2n) is 4.69. The molecule has 3 N–H and O–H groups in total. The Morgan fingerprint density at radius 2 is 2.35 bits per heavy atom. The van der Waals surface area contributed by atoms with Crippen LogP contribution in [0.5, 0.6) is 0 Å². The van der Waals surface area contributed by atoms with Gasteiger partial charge in [0.2, 0.25) is 5.91 Å². The Bertz CT molecular complexity index is 491. The first kappa shape index (κ1) is 11.2. The summed E-state index contributed by atoms with van der Waals surface area (Å²) in [5.41, 5.74) is 1.41. The van der Waals surface area contributed by atoms with Crippen molar-refractivity contribution in [2.45, 2.75) is 17.9 Å². The summed E-state index contributed by atoms with van der Waals surface area (Å²) in [6.45, 7) is 0.659. The maximum absolute atomic E-state index is 12.2. The summed E-state index contributed by atoms with van der Waals surface area (Å²) in [4.78, 5) is 12.2. The van der Waals surface area contributed by atoms with E-state index in [1.54, 1.807) is 0 Å². The summed E-state index contributed by atoms with van der Waals surface area (Å²) in [6, 6.07) is 5.84. The van der Waals surface area contributed by atoms with Crippen LogP contribution in [-0.4, -0.2) is 30.2 Å². The molecule has 0 aliphatic carbocycles. The van der Waals surface area contributed by atoms with Crippen LogP contribution < -0.4 is 10.6 Å². The van der Waals surface area contributed by atoms with Crippen LogP contribution in [0.25, 0.3) is 0 Å². The lowest BCUT2D eigenvalue weighted by Crippen LogP contribution is -2.36. The normalized spacial score (nSPS) is 30.7. The second kappa shape index (κ2) is 3.80. The van der Waals surface area contributed by atoms with Crippen LogP contribution in [0.4, 0.5) is 5.69 Å². The van der Waals surface area contributed by atoms with Crippen LogP contribution in [0.1, 0.15) is 12.0 Å². The average molecular weight is 297 g/mol. The lowest BCUT2D eigenvalue weighted by atomic mass is 9.80. The molecular formula is C12H13BrN2O2. The van der Waals surface area contributed by atoms with Gasteiger partial charge in [0.05, 0.1) is 12.0 Å². The van der Waals surface area contributed by atoms with E-state index in [1.807, 2.05) is 18.2 Å².